The Labute approximate surface area is 147 Å². The fraction of sp³-hybridized carbons (Fsp3) is 0.235. The second kappa shape index (κ2) is 7.00. The van der Waals surface area contributed by atoms with Crippen LogP contribution in [0.15, 0.2) is 51.7 Å². The quantitative estimate of drug-likeness (QED) is 0.673. The van der Waals surface area contributed by atoms with Gasteiger partial charge in [-0.3, -0.25) is 0 Å². The van der Waals surface area contributed by atoms with E-state index in [-0.39, 0.29) is 5.69 Å². The summed E-state index contributed by atoms with van der Waals surface area (Å²) in [7, 11) is 1.58. The predicted octanol–water partition coefficient (Wildman–Crippen LogP) is 2.87. The van der Waals surface area contributed by atoms with E-state index in [1.165, 1.54) is 9.36 Å². The normalized spacial score (nSPS) is 10.8. The first-order valence-electron chi connectivity index (χ1n) is 7.59. The molecule has 0 N–H and O–H groups in total. The van der Waals surface area contributed by atoms with Crippen molar-refractivity contribution in [3.8, 4) is 11.4 Å². The number of hydrogen-bond acceptors (Lipinski definition) is 4. The van der Waals surface area contributed by atoms with Crippen LogP contribution in [0.5, 0.6) is 5.75 Å². The molecule has 0 amide bonds. The van der Waals surface area contributed by atoms with Crippen molar-refractivity contribution in [2.75, 3.05) is 0 Å². The van der Waals surface area contributed by atoms with E-state index in [2.05, 4.69) is 33.3 Å². The summed E-state index contributed by atoms with van der Waals surface area (Å²) in [4.78, 5) is 12.2. The average Bonchev–Trinajstić information content (AvgIpc) is 2.93. The molecule has 7 heteroatoms. The van der Waals surface area contributed by atoms with Crippen LogP contribution in [0.2, 0.25) is 0 Å². The molecule has 6 nitrogen and oxygen atoms in total. The van der Waals surface area contributed by atoms with Crippen molar-refractivity contribution in [3.05, 3.63) is 68.5 Å². The highest BCUT2D eigenvalue weighted by Gasteiger charge is 2.15. The zero-order chi connectivity index (χ0) is 17.1. The van der Waals surface area contributed by atoms with Crippen LogP contribution in [0.3, 0.4) is 0 Å². The Hall–Kier alpha value is -2.41. The standard InChI is InChI=1S/C17H17BrN4O2/c1-3-12-7-6-9-15(22-17(23)21(2)19-20-22)13(12)11-24-16-10-5-4-8-14(16)18/h4-10H,3,11H2,1-2H3. The first-order chi connectivity index (χ1) is 11.6. The molecule has 1 aromatic heterocycles. The molecule has 0 saturated heterocycles. The maximum absolute atomic E-state index is 12.2. The van der Waals surface area contributed by atoms with Crippen LogP contribution in [-0.2, 0) is 20.1 Å². The summed E-state index contributed by atoms with van der Waals surface area (Å²) in [5, 5.41) is 7.74. The van der Waals surface area contributed by atoms with E-state index in [0.717, 1.165) is 27.8 Å². The molecule has 0 aliphatic carbocycles. The smallest absolute Gasteiger partial charge is 0.368 e. The monoisotopic (exact) mass is 388 g/mol. The molecular formula is C17H17BrN4O2. The first-order valence-corrected chi connectivity index (χ1v) is 8.38. The first kappa shape index (κ1) is 16.4. The van der Waals surface area contributed by atoms with Crippen LogP contribution in [-0.4, -0.2) is 19.8 Å². The number of para-hydroxylation sites is 1. The lowest BCUT2D eigenvalue weighted by Gasteiger charge is -2.14. The minimum Gasteiger partial charge on any atom is -0.488 e. The third-order valence-corrected chi connectivity index (χ3v) is 4.44. The second-order valence-corrected chi connectivity index (χ2v) is 6.14. The van der Waals surface area contributed by atoms with Crippen LogP contribution in [0, 0.1) is 0 Å². The number of halogens is 1. The van der Waals surface area contributed by atoms with Crippen LogP contribution in [0.4, 0.5) is 0 Å². The minimum atomic E-state index is -0.287. The van der Waals surface area contributed by atoms with E-state index in [1.54, 1.807) is 7.05 Å². The topological polar surface area (TPSA) is 61.9 Å². The third-order valence-electron chi connectivity index (χ3n) is 3.79. The van der Waals surface area contributed by atoms with E-state index in [9.17, 15) is 4.79 Å². The lowest BCUT2D eigenvalue weighted by atomic mass is 10.0. The van der Waals surface area contributed by atoms with Gasteiger partial charge in [-0.25, -0.2) is 4.79 Å². The van der Waals surface area contributed by atoms with Gasteiger partial charge in [-0.05, 0) is 56.5 Å². The van der Waals surface area contributed by atoms with E-state index in [1.807, 2.05) is 42.5 Å². The van der Waals surface area contributed by atoms with Crippen molar-refractivity contribution >= 4 is 15.9 Å². The molecule has 0 atom stereocenters. The summed E-state index contributed by atoms with van der Waals surface area (Å²) in [6.45, 7) is 2.41. The Balaban J connectivity index is 2.01. The van der Waals surface area contributed by atoms with Crippen molar-refractivity contribution in [2.24, 2.45) is 7.05 Å². The van der Waals surface area contributed by atoms with Crippen molar-refractivity contribution in [1.82, 2.24) is 19.8 Å². The fourth-order valence-corrected chi connectivity index (χ4v) is 2.89. The zero-order valence-corrected chi connectivity index (χ0v) is 15.0. The number of tetrazole rings is 1. The van der Waals surface area contributed by atoms with Crippen molar-refractivity contribution in [3.63, 3.8) is 0 Å². The molecular weight excluding hydrogens is 372 g/mol. The number of ether oxygens (including phenoxy) is 1. The van der Waals surface area contributed by atoms with Gasteiger partial charge in [0.05, 0.1) is 10.2 Å². The molecule has 1 heterocycles. The second-order valence-electron chi connectivity index (χ2n) is 5.28. The van der Waals surface area contributed by atoms with Gasteiger partial charge in [-0.2, -0.15) is 9.36 Å². The summed E-state index contributed by atoms with van der Waals surface area (Å²) >= 11 is 3.48. The number of benzene rings is 2. The Morgan fingerprint density at radius 2 is 1.92 bits per heavy atom. The molecule has 124 valence electrons. The molecule has 0 saturated carbocycles. The van der Waals surface area contributed by atoms with Crippen LogP contribution in [0.25, 0.3) is 5.69 Å². The van der Waals surface area contributed by atoms with E-state index >= 15 is 0 Å². The summed E-state index contributed by atoms with van der Waals surface area (Å²) in [5.74, 6) is 0.751. The summed E-state index contributed by atoms with van der Waals surface area (Å²) in [5.41, 5.74) is 2.44. The van der Waals surface area contributed by atoms with Gasteiger partial charge in [0.15, 0.2) is 0 Å². The molecule has 0 aliphatic rings. The Morgan fingerprint density at radius 1 is 1.12 bits per heavy atom. The highest BCUT2D eigenvalue weighted by molar-refractivity contribution is 9.10. The molecule has 0 aliphatic heterocycles. The number of hydrogen-bond donors (Lipinski definition) is 0. The van der Waals surface area contributed by atoms with Gasteiger partial charge in [0.25, 0.3) is 0 Å². The highest BCUT2D eigenvalue weighted by Crippen LogP contribution is 2.26. The average molecular weight is 389 g/mol. The van der Waals surface area contributed by atoms with Gasteiger partial charge in [0.2, 0.25) is 0 Å². The third kappa shape index (κ3) is 3.12. The van der Waals surface area contributed by atoms with Gasteiger partial charge in [-0.15, -0.1) is 0 Å². The lowest BCUT2D eigenvalue weighted by Crippen LogP contribution is -2.23. The Bertz CT molecular complexity index is 917. The van der Waals surface area contributed by atoms with Crippen LogP contribution in [0.1, 0.15) is 18.1 Å². The van der Waals surface area contributed by atoms with Gasteiger partial charge in [0.1, 0.15) is 12.4 Å². The van der Waals surface area contributed by atoms with E-state index < -0.39 is 0 Å². The predicted molar refractivity (Wildman–Crippen MR) is 94.5 cm³/mol. The molecule has 0 spiro atoms. The minimum absolute atomic E-state index is 0.287. The molecule has 3 rings (SSSR count). The van der Waals surface area contributed by atoms with E-state index in [0.29, 0.717) is 12.3 Å². The summed E-state index contributed by atoms with van der Waals surface area (Å²) in [6, 6.07) is 13.5. The number of nitrogens with zero attached hydrogens (tertiary/aromatic N) is 4. The fourth-order valence-electron chi connectivity index (χ4n) is 2.49. The highest BCUT2D eigenvalue weighted by atomic mass is 79.9. The van der Waals surface area contributed by atoms with Crippen molar-refractivity contribution < 1.29 is 4.74 Å². The van der Waals surface area contributed by atoms with Gasteiger partial charge in [0, 0.05) is 12.6 Å². The number of aromatic nitrogens is 4. The molecule has 0 bridgehead atoms. The maximum atomic E-state index is 12.2. The molecule has 0 radical (unpaired) electrons. The van der Waals surface area contributed by atoms with Gasteiger partial charge < -0.3 is 4.74 Å². The van der Waals surface area contributed by atoms with Gasteiger partial charge >= 0.3 is 5.69 Å². The van der Waals surface area contributed by atoms with Crippen LogP contribution < -0.4 is 10.4 Å². The maximum Gasteiger partial charge on any atom is 0.368 e. The molecule has 2 aromatic carbocycles. The van der Waals surface area contributed by atoms with Crippen LogP contribution >= 0.6 is 15.9 Å². The van der Waals surface area contributed by atoms with Crippen molar-refractivity contribution in [2.45, 2.75) is 20.0 Å². The molecule has 0 unspecified atom stereocenters. The van der Waals surface area contributed by atoms with E-state index in [4.69, 9.17) is 4.74 Å². The van der Waals surface area contributed by atoms with Gasteiger partial charge in [-0.1, -0.05) is 31.2 Å². The van der Waals surface area contributed by atoms with Crippen molar-refractivity contribution in [1.29, 1.82) is 0 Å². The molecule has 0 fully saturated rings. The number of rotatable bonds is 5. The molecule has 3 aromatic rings. The number of aryl methyl sites for hydroxylation is 2. The summed E-state index contributed by atoms with van der Waals surface area (Å²) < 4.78 is 9.35. The lowest BCUT2D eigenvalue weighted by molar-refractivity contribution is 0.302. The zero-order valence-electron chi connectivity index (χ0n) is 13.4. The SMILES string of the molecule is CCc1cccc(-n2nnn(C)c2=O)c1COc1ccccc1Br. The molecule has 24 heavy (non-hydrogen) atoms. The largest absolute Gasteiger partial charge is 0.488 e. The summed E-state index contributed by atoms with van der Waals surface area (Å²) in [6.07, 6.45) is 0.831. The Morgan fingerprint density at radius 3 is 2.58 bits per heavy atom. The Kier molecular flexibility index (Phi) is 4.80.